The van der Waals surface area contributed by atoms with Gasteiger partial charge < -0.3 is 16.2 Å². The second kappa shape index (κ2) is 5.31. The second-order valence-electron chi connectivity index (χ2n) is 3.09. The SMILES string of the molecule is NC(=S)N[C@H](Cc1ccccc1)C(=O)O. The van der Waals surface area contributed by atoms with Crippen molar-refractivity contribution in [2.75, 3.05) is 0 Å². The van der Waals surface area contributed by atoms with Crippen molar-refractivity contribution >= 4 is 23.3 Å². The maximum Gasteiger partial charge on any atom is 0.326 e. The maximum atomic E-state index is 10.9. The first-order chi connectivity index (χ1) is 7.09. The van der Waals surface area contributed by atoms with Gasteiger partial charge in [0, 0.05) is 6.42 Å². The summed E-state index contributed by atoms with van der Waals surface area (Å²) in [4.78, 5) is 10.9. The molecule has 0 bridgehead atoms. The topological polar surface area (TPSA) is 75.3 Å². The highest BCUT2D eigenvalue weighted by Crippen LogP contribution is 2.03. The summed E-state index contributed by atoms with van der Waals surface area (Å²) in [7, 11) is 0. The minimum absolute atomic E-state index is 0.00155. The molecular formula is C10H12N2O2S. The first kappa shape index (κ1) is 11.5. The molecule has 1 aromatic carbocycles. The molecule has 0 fully saturated rings. The molecule has 15 heavy (non-hydrogen) atoms. The molecule has 0 aliphatic carbocycles. The Labute approximate surface area is 93.1 Å². The largest absolute Gasteiger partial charge is 0.480 e. The van der Waals surface area contributed by atoms with E-state index in [1.54, 1.807) is 0 Å². The minimum atomic E-state index is -0.966. The Bertz CT molecular complexity index is 354. The van der Waals surface area contributed by atoms with E-state index in [1.807, 2.05) is 30.3 Å². The summed E-state index contributed by atoms with van der Waals surface area (Å²) >= 11 is 4.61. The van der Waals surface area contributed by atoms with Crippen molar-refractivity contribution in [2.24, 2.45) is 5.73 Å². The number of hydrogen-bond donors (Lipinski definition) is 3. The molecule has 0 saturated carbocycles. The lowest BCUT2D eigenvalue weighted by Crippen LogP contribution is -2.44. The van der Waals surface area contributed by atoms with E-state index in [-0.39, 0.29) is 5.11 Å². The fraction of sp³-hybridized carbons (Fsp3) is 0.200. The van der Waals surface area contributed by atoms with E-state index in [9.17, 15) is 4.79 Å². The van der Waals surface area contributed by atoms with Crippen LogP contribution in [0.25, 0.3) is 0 Å². The van der Waals surface area contributed by atoms with Crippen LogP contribution >= 0.6 is 12.2 Å². The Morgan fingerprint density at radius 2 is 2.07 bits per heavy atom. The van der Waals surface area contributed by atoms with E-state index < -0.39 is 12.0 Å². The van der Waals surface area contributed by atoms with Crippen LogP contribution in [0.4, 0.5) is 0 Å². The monoisotopic (exact) mass is 224 g/mol. The van der Waals surface area contributed by atoms with E-state index in [2.05, 4.69) is 17.5 Å². The number of nitrogens with two attached hydrogens (primary N) is 1. The third kappa shape index (κ3) is 3.95. The number of thiocarbonyl (C=S) groups is 1. The predicted molar refractivity (Wildman–Crippen MR) is 61.5 cm³/mol. The molecule has 0 spiro atoms. The zero-order valence-corrected chi connectivity index (χ0v) is 8.83. The molecule has 0 aromatic heterocycles. The van der Waals surface area contributed by atoms with Gasteiger partial charge in [0.05, 0.1) is 0 Å². The van der Waals surface area contributed by atoms with Gasteiger partial charge in [0.1, 0.15) is 6.04 Å². The van der Waals surface area contributed by atoms with E-state index >= 15 is 0 Å². The van der Waals surface area contributed by atoms with E-state index in [1.165, 1.54) is 0 Å². The fourth-order valence-corrected chi connectivity index (χ4v) is 1.36. The summed E-state index contributed by atoms with van der Waals surface area (Å²) in [5.74, 6) is -0.966. The molecule has 0 amide bonds. The van der Waals surface area contributed by atoms with Crippen molar-refractivity contribution in [1.29, 1.82) is 0 Å². The van der Waals surface area contributed by atoms with Crippen molar-refractivity contribution in [2.45, 2.75) is 12.5 Å². The molecule has 5 heteroatoms. The molecule has 4 nitrogen and oxygen atoms in total. The number of benzene rings is 1. The van der Waals surface area contributed by atoms with Crippen LogP contribution in [0.15, 0.2) is 30.3 Å². The van der Waals surface area contributed by atoms with Gasteiger partial charge in [-0.05, 0) is 17.8 Å². The summed E-state index contributed by atoms with van der Waals surface area (Å²) in [6.45, 7) is 0. The van der Waals surface area contributed by atoms with Crippen LogP contribution in [0, 0.1) is 0 Å². The first-order valence-electron chi connectivity index (χ1n) is 4.42. The van der Waals surface area contributed by atoms with Crippen molar-refractivity contribution < 1.29 is 9.90 Å². The average Bonchev–Trinajstić information content (AvgIpc) is 2.17. The van der Waals surface area contributed by atoms with Crippen LogP contribution < -0.4 is 11.1 Å². The molecule has 1 rings (SSSR count). The minimum Gasteiger partial charge on any atom is -0.480 e. The highest BCUT2D eigenvalue weighted by atomic mass is 32.1. The Hall–Kier alpha value is -1.62. The first-order valence-corrected chi connectivity index (χ1v) is 4.83. The molecule has 0 aliphatic heterocycles. The van der Waals surface area contributed by atoms with Crippen LogP contribution in [0.2, 0.25) is 0 Å². The molecule has 4 N–H and O–H groups in total. The van der Waals surface area contributed by atoms with Crippen LogP contribution in [-0.2, 0) is 11.2 Å². The molecule has 1 aromatic rings. The summed E-state index contributed by atoms with van der Waals surface area (Å²) in [6, 6.07) is 8.53. The lowest BCUT2D eigenvalue weighted by Gasteiger charge is -2.13. The lowest BCUT2D eigenvalue weighted by molar-refractivity contribution is -0.139. The molecule has 0 heterocycles. The Kier molecular flexibility index (Phi) is 4.05. The van der Waals surface area contributed by atoms with Gasteiger partial charge in [-0.1, -0.05) is 30.3 Å². The van der Waals surface area contributed by atoms with Crippen molar-refractivity contribution in [3.8, 4) is 0 Å². The zero-order chi connectivity index (χ0) is 11.3. The van der Waals surface area contributed by atoms with Gasteiger partial charge in [-0.2, -0.15) is 0 Å². The van der Waals surface area contributed by atoms with Crippen LogP contribution in [-0.4, -0.2) is 22.2 Å². The number of carboxylic acids is 1. The van der Waals surface area contributed by atoms with Crippen molar-refractivity contribution in [3.05, 3.63) is 35.9 Å². The van der Waals surface area contributed by atoms with Crippen LogP contribution in [0.5, 0.6) is 0 Å². The number of aliphatic carboxylic acids is 1. The predicted octanol–water partition coefficient (Wildman–Crippen LogP) is 0.515. The Balaban J connectivity index is 2.67. The van der Waals surface area contributed by atoms with E-state index in [4.69, 9.17) is 10.8 Å². The Morgan fingerprint density at radius 3 is 2.53 bits per heavy atom. The number of carbonyl (C=O) groups is 1. The third-order valence-corrected chi connectivity index (χ3v) is 2.02. The molecule has 0 saturated heterocycles. The number of hydrogen-bond acceptors (Lipinski definition) is 2. The molecule has 0 aliphatic rings. The standard InChI is InChI=1S/C10H12N2O2S/c11-10(15)12-8(9(13)14)6-7-4-2-1-3-5-7/h1-5,8H,6H2,(H,13,14)(H3,11,12,15)/t8-/m1/s1. The van der Waals surface area contributed by atoms with E-state index in [0.29, 0.717) is 6.42 Å². The quantitative estimate of drug-likeness (QED) is 0.650. The van der Waals surface area contributed by atoms with Crippen LogP contribution in [0.1, 0.15) is 5.56 Å². The molecule has 0 radical (unpaired) electrons. The molecular weight excluding hydrogens is 212 g/mol. The van der Waals surface area contributed by atoms with Gasteiger partial charge >= 0.3 is 5.97 Å². The van der Waals surface area contributed by atoms with Gasteiger partial charge in [0.15, 0.2) is 5.11 Å². The smallest absolute Gasteiger partial charge is 0.326 e. The zero-order valence-electron chi connectivity index (χ0n) is 8.01. The summed E-state index contributed by atoms with van der Waals surface area (Å²) in [5, 5.41) is 11.4. The van der Waals surface area contributed by atoms with Gasteiger partial charge in [-0.3, -0.25) is 0 Å². The van der Waals surface area contributed by atoms with Gasteiger partial charge in [-0.25, -0.2) is 4.79 Å². The summed E-state index contributed by atoms with van der Waals surface area (Å²) < 4.78 is 0. The van der Waals surface area contributed by atoms with Gasteiger partial charge in [0.2, 0.25) is 0 Å². The molecule has 0 unspecified atom stereocenters. The van der Waals surface area contributed by atoms with Crippen LogP contribution in [0.3, 0.4) is 0 Å². The van der Waals surface area contributed by atoms with Gasteiger partial charge in [-0.15, -0.1) is 0 Å². The summed E-state index contributed by atoms with van der Waals surface area (Å²) in [5.41, 5.74) is 6.17. The van der Waals surface area contributed by atoms with E-state index in [0.717, 1.165) is 5.56 Å². The number of carboxylic acid groups (broad SMARTS) is 1. The third-order valence-electron chi connectivity index (χ3n) is 1.90. The second-order valence-corrected chi connectivity index (χ2v) is 3.53. The lowest BCUT2D eigenvalue weighted by atomic mass is 10.1. The fourth-order valence-electron chi connectivity index (χ4n) is 1.22. The van der Waals surface area contributed by atoms with Gasteiger partial charge in [0.25, 0.3) is 0 Å². The number of nitrogens with one attached hydrogen (secondary N) is 1. The average molecular weight is 224 g/mol. The Morgan fingerprint density at radius 1 is 1.47 bits per heavy atom. The van der Waals surface area contributed by atoms with Crippen molar-refractivity contribution in [3.63, 3.8) is 0 Å². The van der Waals surface area contributed by atoms with Crippen molar-refractivity contribution in [1.82, 2.24) is 5.32 Å². The summed E-state index contributed by atoms with van der Waals surface area (Å²) in [6.07, 6.45) is 0.355. The highest BCUT2D eigenvalue weighted by molar-refractivity contribution is 7.80. The maximum absolute atomic E-state index is 10.9. The molecule has 80 valence electrons. The normalized spacial score (nSPS) is 11.7. The molecule has 1 atom stereocenters. The highest BCUT2D eigenvalue weighted by Gasteiger charge is 2.17. The number of rotatable bonds is 4.